The van der Waals surface area contributed by atoms with Gasteiger partial charge in [0.15, 0.2) is 0 Å². The summed E-state index contributed by atoms with van der Waals surface area (Å²) in [5, 5.41) is 2.81. The molecular formula is C14H23N3O3S. The molecule has 0 aliphatic carbocycles. The van der Waals surface area contributed by atoms with Crippen molar-refractivity contribution in [1.29, 1.82) is 0 Å². The Morgan fingerprint density at radius 3 is 2.29 bits per heavy atom. The number of amides is 1. The molecular weight excluding hydrogens is 290 g/mol. The molecule has 0 saturated carbocycles. The zero-order valence-electron chi connectivity index (χ0n) is 12.6. The lowest BCUT2D eigenvalue weighted by molar-refractivity contribution is -0.125. The van der Waals surface area contributed by atoms with Crippen LogP contribution in [0.5, 0.6) is 0 Å². The van der Waals surface area contributed by atoms with Crippen LogP contribution < -0.4 is 15.8 Å². The molecule has 7 heteroatoms. The summed E-state index contributed by atoms with van der Waals surface area (Å²) in [5.74, 6) is -0.147. The van der Waals surface area contributed by atoms with E-state index in [1.807, 2.05) is 13.8 Å². The van der Waals surface area contributed by atoms with Crippen LogP contribution in [0.1, 0.15) is 26.7 Å². The van der Waals surface area contributed by atoms with Gasteiger partial charge in [-0.2, -0.15) is 0 Å². The Morgan fingerprint density at radius 2 is 1.81 bits per heavy atom. The van der Waals surface area contributed by atoms with Crippen molar-refractivity contribution in [3.05, 3.63) is 24.3 Å². The summed E-state index contributed by atoms with van der Waals surface area (Å²) in [4.78, 5) is 12.4. The highest BCUT2D eigenvalue weighted by Crippen LogP contribution is 2.27. The first-order valence-electron chi connectivity index (χ1n) is 6.85. The first kappa shape index (κ1) is 17.5. The quantitative estimate of drug-likeness (QED) is 0.714. The zero-order valence-corrected chi connectivity index (χ0v) is 13.5. The third-order valence-electron chi connectivity index (χ3n) is 3.65. The average molecular weight is 313 g/mol. The Hall–Kier alpha value is -1.60. The summed E-state index contributed by atoms with van der Waals surface area (Å²) in [7, 11) is -3.35. The second-order valence-electron chi connectivity index (χ2n) is 5.10. The van der Waals surface area contributed by atoms with Gasteiger partial charge in [-0.05, 0) is 31.0 Å². The first-order valence-corrected chi connectivity index (χ1v) is 8.75. The van der Waals surface area contributed by atoms with Gasteiger partial charge < -0.3 is 11.1 Å². The highest BCUT2D eigenvalue weighted by molar-refractivity contribution is 7.92. The Balaban J connectivity index is 2.93. The van der Waals surface area contributed by atoms with Crippen LogP contribution in [-0.2, 0) is 14.8 Å². The minimum absolute atomic E-state index is 0.147. The van der Waals surface area contributed by atoms with Gasteiger partial charge in [-0.1, -0.05) is 19.9 Å². The molecule has 4 N–H and O–H groups in total. The van der Waals surface area contributed by atoms with E-state index in [0.29, 0.717) is 24.2 Å². The van der Waals surface area contributed by atoms with Crippen molar-refractivity contribution in [1.82, 2.24) is 0 Å². The maximum Gasteiger partial charge on any atom is 0.231 e. The van der Waals surface area contributed by atoms with Crippen molar-refractivity contribution in [2.75, 3.05) is 22.8 Å². The molecule has 1 rings (SSSR count). The predicted octanol–water partition coefficient (Wildman–Crippen LogP) is 1.76. The smallest absolute Gasteiger partial charge is 0.231 e. The third kappa shape index (κ3) is 4.71. The molecule has 6 nitrogen and oxygen atoms in total. The molecule has 1 aromatic rings. The number of nitrogens with one attached hydrogen (secondary N) is 2. The molecule has 0 aromatic heterocycles. The Morgan fingerprint density at radius 1 is 1.24 bits per heavy atom. The van der Waals surface area contributed by atoms with Gasteiger partial charge in [-0.3, -0.25) is 9.52 Å². The van der Waals surface area contributed by atoms with Crippen LogP contribution in [0, 0.1) is 5.41 Å². The van der Waals surface area contributed by atoms with E-state index >= 15 is 0 Å². The van der Waals surface area contributed by atoms with Crippen LogP contribution in [0.4, 0.5) is 11.4 Å². The highest BCUT2D eigenvalue weighted by atomic mass is 32.2. The van der Waals surface area contributed by atoms with Crippen molar-refractivity contribution in [2.45, 2.75) is 26.7 Å². The van der Waals surface area contributed by atoms with Crippen molar-refractivity contribution >= 4 is 27.3 Å². The van der Waals surface area contributed by atoms with Crippen LogP contribution in [0.3, 0.4) is 0 Å². The number of benzene rings is 1. The molecule has 1 aromatic carbocycles. The lowest BCUT2D eigenvalue weighted by atomic mass is 9.81. The Bertz CT molecular complexity index is 587. The maximum atomic E-state index is 12.4. The number of carbonyl (C=O) groups is 1. The minimum atomic E-state index is -3.35. The van der Waals surface area contributed by atoms with Gasteiger partial charge in [0, 0.05) is 12.2 Å². The molecule has 0 heterocycles. The maximum absolute atomic E-state index is 12.4. The number of anilines is 2. The van der Waals surface area contributed by atoms with Crippen LogP contribution in [-0.4, -0.2) is 27.1 Å². The number of nitrogens with two attached hydrogens (primary N) is 1. The second-order valence-corrected chi connectivity index (χ2v) is 6.85. The summed E-state index contributed by atoms with van der Waals surface area (Å²) in [6.45, 7) is 4.13. The Kier molecular flexibility index (Phi) is 5.74. The van der Waals surface area contributed by atoms with Crippen LogP contribution >= 0.6 is 0 Å². The van der Waals surface area contributed by atoms with Crippen molar-refractivity contribution in [3.63, 3.8) is 0 Å². The van der Waals surface area contributed by atoms with Crippen LogP contribution in [0.25, 0.3) is 0 Å². The second kappa shape index (κ2) is 6.91. The lowest BCUT2D eigenvalue weighted by Crippen LogP contribution is -2.41. The zero-order chi connectivity index (χ0) is 16.1. The molecule has 118 valence electrons. The predicted molar refractivity (Wildman–Crippen MR) is 85.6 cm³/mol. The third-order valence-corrected chi connectivity index (χ3v) is 4.26. The van der Waals surface area contributed by atoms with E-state index in [9.17, 15) is 13.2 Å². The van der Waals surface area contributed by atoms with Gasteiger partial charge in [-0.25, -0.2) is 8.42 Å². The van der Waals surface area contributed by atoms with E-state index in [0.717, 1.165) is 6.26 Å². The Labute approximate surface area is 126 Å². The van der Waals surface area contributed by atoms with E-state index in [4.69, 9.17) is 5.73 Å². The van der Waals surface area contributed by atoms with Gasteiger partial charge in [0.25, 0.3) is 0 Å². The molecule has 0 atom stereocenters. The summed E-state index contributed by atoms with van der Waals surface area (Å²) in [6.07, 6.45) is 2.37. The van der Waals surface area contributed by atoms with Crippen LogP contribution in [0.2, 0.25) is 0 Å². The molecule has 0 unspecified atom stereocenters. The standard InChI is InChI=1S/C14H23N3O3S/c1-4-14(5-2,10-15)13(18)16-11-7-6-8-12(9-11)17-21(3,19)20/h6-9,17H,4-5,10,15H2,1-3H3,(H,16,18). The summed E-state index contributed by atoms with van der Waals surface area (Å²) < 4.78 is 24.8. The van der Waals surface area contributed by atoms with Crippen molar-refractivity contribution < 1.29 is 13.2 Å². The fourth-order valence-corrected chi connectivity index (χ4v) is 2.65. The molecule has 0 fully saturated rings. The molecule has 1 amide bonds. The fourth-order valence-electron chi connectivity index (χ4n) is 2.09. The van der Waals surface area contributed by atoms with E-state index in [-0.39, 0.29) is 12.5 Å². The monoisotopic (exact) mass is 313 g/mol. The van der Waals surface area contributed by atoms with Crippen molar-refractivity contribution in [3.8, 4) is 0 Å². The molecule has 0 bridgehead atoms. The molecule has 0 spiro atoms. The van der Waals surface area contributed by atoms with Crippen LogP contribution in [0.15, 0.2) is 24.3 Å². The minimum Gasteiger partial charge on any atom is -0.329 e. The number of hydrogen-bond acceptors (Lipinski definition) is 4. The molecule has 0 radical (unpaired) electrons. The lowest BCUT2D eigenvalue weighted by Gasteiger charge is -2.28. The van der Waals surface area contributed by atoms with E-state index < -0.39 is 15.4 Å². The number of hydrogen-bond donors (Lipinski definition) is 3. The fraction of sp³-hybridized carbons (Fsp3) is 0.500. The summed E-state index contributed by atoms with van der Waals surface area (Å²) in [5.41, 5.74) is 6.09. The molecule has 0 aliphatic rings. The number of carbonyl (C=O) groups excluding carboxylic acids is 1. The van der Waals surface area contributed by atoms with E-state index in [1.54, 1.807) is 24.3 Å². The SMILES string of the molecule is CCC(CC)(CN)C(=O)Nc1cccc(NS(C)(=O)=O)c1. The normalized spacial score (nSPS) is 12.0. The van der Waals surface area contributed by atoms with Gasteiger partial charge in [0.2, 0.25) is 15.9 Å². The van der Waals surface area contributed by atoms with Gasteiger partial charge in [0.1, 0.15) is 0 Å². The molecule has 0 saturated heterocycles. The molecule has 0 aliphatic heterocycles. The number of sulfonamides is 1. The van der Waals surface area contributed by atoms with Gasteiger partial charge >= 0.3 is 0 Å². The van der Waals surface area contributed by atoms with E-state index in [2.05, 4.69) is 10.0 Å². The largest absolute Gasteiger partial charge is 0.329 e. The summed E-state index contributed by atoms with van der Waals surface area (Å²) in [6, 6.07) is 6.57. The number of rotatable bonds is 7. The van der Waals surface area contributed by atoms with Gasteiger partial charge in [-0.15, -0.1) is 0 Å². The molecule has 21 heavy (non-hydrogen) atoms. The first-order chi connectivity index (χ1) is 9.76. The van der Waals surface area contributed by atoms with Gasteiger partial charge in [0.05, 0.1) is 17.4 Å². The topological polar surface area (TPSA) is 101 Å². The highest BCUT2D eigenvalue weighted by Gasteiger charge is 2.33. The van der Waals surface area contributed by atoms with E-state index in [1.165, 1.54) is 0 Å². The van der Waals surface area contributed by atoms with Crippen molar-refractivity contribution in [2.24, 2.45) is 11.1 Å². The summed E-state index contributed by atoms with van der Waals surface area (Å²) >= 11 is 0. The average Bonchev–Trinajstić information content (AvgIpc) is 2.40.